The van der Waals surface area contributed by atoms with E-state index in [1.807, 2.05) is 0 Å². The topological polar surface area (TPSA) is 20.2 Å². The molecule has 0 fully saturated rings. The van der Waals surface area contributed by atoms with Crippen LogP contribution in [0.25, 0.3) is 0 Å². The van der Waals surface area contributed by atoms with Crippen LogP contribution in [0.3, 0.4) is 0 Å². The Kier molecular flexibility index (Phi) is 4.26. The second-order valence-electron chi connectivity index (χ2n) is 3.34. The minimum Gasteiger partial charge on any atom is -0.383 e. The molecule has 1 atom stereocenters. The molecule has 1 N–H and O–H groups in total. The molecule has 17 heavy (non-hydrogen) atoms. The molecule has 1 unspecified atom stereocenters. The van der Waals surface area contributed by atoms with Crippen molar-refractivity contribution in [3.8, 4) is 0 Å². The second kappa shape index (κ2) is 5.36. The van der Waals surface area contributed by atoms with Gasteiger partial charge in [-0.1, -0.05) is 33.6 Å². The van der Waals surface area contributed by atoms with Crippen LogP contribution in [0.1, 0.15) is 16.5 Å². The number of aliphatic hydroxyl groups excluding tert-OH is 1. The van der Waals surface area contributed by atoms with Gasteiger partial charge in [-0.15, -0.1) is 11.3 Å². The van der Waals surface area contributed by atoms with Crippen LogP contribution in [0.4, 0.5) is 4.39 Å². The van der Waals surface area contributed by atoms with E-state index in [-0.39, 0.29) is 5.82 Å². The van der Waals surface area contributed by atoms with Gasteiger partial charge in [0.2, 0.25) is 0 Å². The lowest BCUT2D eigenvalue weighted by molar-refractivity contribution is 0.223. The molecule has 0 aliphatic heterocycles. The highest BCUT2D eigenvalue weighted by Crippen LogP contribution is 2.38. The van der Waals surface area contributed by atoms with Crippen LogP contribution >= 0.6 is 54.8 Å². The monoisotopic (exact) mass is 398 g/mol. The predicted octanol–water partition coefficient (Wildman–Crippen LogP) is 5.15. The molecule has 0 saturated heterocycles. The molecule has 0 saturated carbocycles. The quantitative estimate of drug-likeness (QED) is 0.739. The van der Waals surface area contributed by atoms with E-state index in [0.717, 1.165) is 4.47 Å². The summed E-state index contributed by atoms with van der Waals surface area (Å²) in [5.74, 6) is -0.349. The van der Waals surface area contributed by atoms with Crippen molar-refractivity contribution >= 4 is 54.8 Å². The standard InChI is InChI=1S/C11H6Br2ClFOS/c12-7-3-5(15)1-2-6(7)10(16)9-4-8(13)11(14)17-9/h1-4,10,16H. The summed E-state index contributed by atoms with van der Waals surface area (Å²) >= 11 is 13.7. The molecule has 0 amide bonds. The summed E-state index contributed by atoms with van der Waals surface area (Å²) in [6.45, 7) is 0. The third kappa shape index (κ3) is 2.90. The zero-order valence-electron chi connectivity index (χ0n) is 8.25. The van der Waals surface area contributed by atoms with E-state index in [9.17, 15) is 9.50 Å². The van der Waals surface area contributed by atoms with Crippen molar-refractivity contribution < 1.29 is 9.50 Å². The molecular weight excluding hydrogens is 394 g/mol. The average Bonchev–Trinajstić information content (AvgIpc) is 2.58. The predicted molar refractivity (Wildman–Crippen MR) is 75.2 cm³/mol. The minimum atomic E-state index is -0.821. The first-order valence-corrected chi connectivity index (χ1v) is 7.35. The molecule has 1 nitrogen and oxygen atoms in total. The van der Waals surface area contributed by atoms with Gasteiger partial charge in [0.25, 0.3) is 0 Å². The van der Waals surface area contributed by atoms with Crippen LogP contribution in [0.2, 0.25) is 4.34 Å². The fourth-order valence-corrected chi connectivity index (χ4v) is 3.68. The largest absolute Gasteiger partial charge is 0.383 e. The van der Waals surface area contributed by atoms with Crippen molar-refractivity contribution in [2.75, 3.05) is 0 Å². The maximum absolute atomic E-state index is 12.9. The minimum absolute atomic E-state index is 0.349. The van der Waals surface area contributed by atoms with Crippen molar-refractivity contribution in [3.05, 3.63) is 53.8 Å². The Morgan fingerprint density at radius 2 is 1.94 bits per heavy atom. The molecule has 0 aliphatic rings. The van der Waals surface area contributed by atoms with Gasteiger partial charge in [-0.25, -0.2) is 4.39 Å². The van der Waals surface area contributed by atoms with Gasteiger partial charge >= 0.3 is 0 Å². The lowest BCUT2D eigenvalue weighted by Gasteiger charge is -2.10. The van der Waals surface area contributed by atoms with Crippen molar-refractivity contribution in [1.82, 2.24) is 0 Å². The van der Waals surface area contributed by atoms with E-state index in [0.29, 0.717) is 19.2 Å². The van der Waals surface area contributed by atoms with Crippen molar-refractivity contribution in [3.63, 3.8) is 0 Å². The summed E-state index contributed by atoms with van der Waals surface area (Å²) in [6.07, 6.45) is -0.821. The van der Waals surface area contributed by atoms with Gasteiger partial charge in [-0.05, 0) is 34.1 Å². The smallest absolute Gasteiger partial charge is 0.124 e. The fourth-order valence-electron chi connectivity index (χ4n) is 1.37. The first-order chi connectivity index (χ1) is 7.99. The zero-order chi connectivity index (χ0) is 12.6. The van der Waals surface area contributed by atoms with Crippen molar-refractivity contribution in [1.29, 1.82) is 0 Å². The van der Waals surface area contributed by atoms with Crippen LogP contribution in [0, 0.1) is 5.82 Å². The molecule has 2 aromatic rings. The number of rotatable bonds is 2. The Morgan fingerprint density at radius 1 is 1.24 bits per heavy atom. The van der Waals surface area contributed by atoms with Gasteiger partial charge in [0.1, 0.15) is 16.3 Å². The number of aliphatic hydroxyl groups is 1. The highest BCUT2D eigenvalue weighted by molar-refractivity contribution is 9.10. The maximum Gasteiger partial charge on any atom is 0.124 e. The first-order valence-electron chi connectivity index (χ1n) is 4.57. The van der Waals surface area contributed by atoms with Gasteiger partial charge in [0.05, 0.1) is 0 Å². The molecule has 1 aromatic carbocycles. The number of thiophene rings is 1. The molecule has 2 rings (SSSR count). The van der Waals surface area contributed by atoms with Gasteiger partial charge in [0.15, 0.2) is 0 Å². The van der Waals surface area contributed by atoms with Crippen LogP contribution in [-0.4, -0.2) is 5.11 Å². The number of hydrogen-bond donors (Lipinski definition) is 1. The summed E-state index contributed by atoms with van der Waals surface area (Å²) in [5.41, 5.74) is 0.608. The molecule has 0 aliphatic carbocycles. The first kappa shape index (κ1) is 13.5. The SMILES string of the molecule is OC(c1cc(Br)c(Cl)s1)c1ccc(F)cc1Br. The third-order valence-corrected chi connectivity index (χ3v) is 5.40. The Hall–Kier alpha value is 0.0600. The Labute approximate surface area is 123 Å². The second-order valence-corrected chi connectivity index (χ2v) is 6.73. The van der Waals surface area contributed by atoms with Crippen LogP contribution < -0.4 is 0 Å². The summed E-state index contributed by atoms with van der Waals surface area (Å²) in [6, 6.07) is 5.94. The maximum atomic E-state index is 12.9. The van der Waals surface area contributed by atoms with Crippen molar-refractivity contribution in [2.24, 2.45) is 0 Å². The Morgan fingerprint density at radius 3 is 2.47 bits per heavy atom. The average molecular weight is 400 g/mol. The normalized spacial score (nSPS) is 12.8. The molecule has 0 radical (unpaired) electrons. The Balaban J connectivity index is 2.39. The molecule has 1 aromatic heterocycles. The summed E-state index contributed by atoms with van der Waals surface area (Å²) in [5, 5.41) is 10.2. The fraction of sp³-hybridized carbons (Fsp3) is 0.0909. The lowest BCUT2D eigenvalue weighted by atomic mass is 10.1. The molecule has 6 heteroatoms. The van der Waals surface area contributed by atoms with E-state index in [1.165, 1.54) is 23.5 Å². The molecule has 0 bridgehead atoms. The van der Waals surface area contributed by atoms with Gasteiger partial charge in [0, 0.05) is 19.4 Å². The zero-order valence-corrected chi connectivity index (χ0v) is 13.0. The van der Waals surface area contributed by atoms with E-state index < -0.39 is 6.10 Å². The van der Waals surface area contributed by atoms with Crippen LogP contribution in [0.15, 0.2) is 33.2 Å². The summed E-state index contributed by atoms with van der Waals surface area (Å²) < 4.78 is 14.8. The van der Waals surface area contributed by atoms with Gasteiger partial charge in [-0.3, -0.25) is 0 Å². The molecular formula is C11H6Br2ClFOS. The van der Waals surface area contributed by atoms with Crippen LogP contribution in [-0.2, 0) is 0 Å². The third-order valence-electron chi connectivity index (χ3n) is 2.19. The van der Waals surface area contributed by atoms with E-state index >= 15 is 0 Å². The number of benzene rings is 1. The van der Waals surface area contributed by atoms with Gasteiger partial charge < -0.3 is 5.11 Å². The summed E-state index contributed by atoms with van der Waals surface area (Å²) in [4.78, 5) is 0.703. The van der Waals surface area contributed by atoms with E-state index in [2.05, 4.69) is 31.9 Å². The van der Waals surface area contributed by atoms with E-state index in [1.54, 1.807) is 12.1 Å². The van der Waals surface area contributed by atoms with E-state index in [4.69, 9.17) is 11.6 Å². The molecule has 1 heterocycles. The Bertz CT molecular complexity index is 539. The molecule has 0 spiro atoms. The van der Waals surface area contributed by atoms with Crippen molar-refractivity contribution in [2.45, 2.75) is 6.10 Å². The highest BCUT2D eigenvalue weighted by Gasteiger charge is 2.17. The molecule has 90 valence electrons. The number of hydrogen-bond acceptors (Lipinski definition) is 2. The van der Waals surface area contributed by atoms with Crippen LogP contribution in [0.5, 0.6) is 0 Å². The lowest BCUT2D eigenvalue weighted by Crippen LogP contribution is -1.98. The highest BCUT2D eigenvalue weighted by atomic mass is 79.9. The van der Waals surface area contributed by atoms with Gasteiger partial charge in [-0.2, -0.15) is 0 Å². The number of halogens is 4. The summed E-state index contributed by atoms with van der Waals surface area (Å²) in [7, 11) is 0.